The highest BCUT2D eigenvalue weighted by atomic mass is 32.1. The molecule has 0 saturated carbocycles. The molecule has 3 rings (SSSR count). The van der Waals surface area contributed by atoms with Gasteiger partial charge in [-0.15, -0.1) is 0 Å². The van der Waals surface area contributed by atoms with Gasteiger partial charge in [0.05, 0.1) is 6.61 Å². The first kappa shape index (κ1) is 15.9. The summed E-state index contributed by atoms with van der Waals surface area (Å²) in [4.78, 5) is 4.82. The number of aliphatic hydroxyl groups excluding tert-OH is 1. The molecule has 5 heteroatoms. The second-order valence-electron chi connectivity index (χ2n) is 5.51. The van der Waals surface area contributed by atoms with Crippen LogP contribution in [0.5, 0.6) is 0 Å². The van der Waals surface area contributed by atoms with Gasteiger partial charge in [-0.05, 0) is 50.4 Å². The van der Waals surface area contributed by atoms with Crippen LogP contribution in [0.4, 0.5) is 0 Å². The topological polar surface area (TPSA) is 26.7 Å². The molecular weight excluding hydrogens is 312 g/mol. The summed E-state index contributed by atoms with van der Waals surface area (Å²) in [5, 5.41) is 17.7. The van der Waals surface area contributed by atoms with E-state index in [2.05, 4.69) is 49.5 Å². The SMILES string of the molecule is OCCN1CCN(CC=C(c2ccsc2)c2ccsc2)CC1. The largest absolute Gasteiger partial charge is 0.395 e. The predicted molar refractivity (Wildman–Crippen MR) is 95.7 cm³/mol. The van der Waals surface area contributed by atoms with Crippen LogP contribution >= 0.6 is 22.7 Å². The maximum absolute atomic E-state index is 9.01. The van der Waals surface area contributed by atoms with Crippen LogP contribution < -0.4 is 0 Å². The molecule has 1 saturated heterocycles. The summed E-state index contributed by atoms with van der Waals surface area (Å²) >= 11 is 3.50. The fourth-order valence-corrected chi connectivity index (χ4v) is 4.11. The Kier molecular flexibility index (Phi) is 5.81. The zero-order valence-electron chi connectivity index (χ0n) is 12.6. The lowest BCUT2D eigenvalue weighted by Crippen LogP contribution is -2.47. The molecule has 0 bridgehead atoms. The van der Waals surface area contributed by atoms with E-state index in [1.807, 2.05) is 0 Å². The van der Waals surface area contributed by atoms with Gasteiger partial charge in [-0.3, -0.25) is 9.80 Å². The Labute approximate surface area is 140 Å². The number of β-amino-alcohol motifs (C(OH)–C–C–N with tert-alkyl or cyclic N) is 1. The molecule has 0 spiro atoms. The molecule has 0 aliphatic carbocycles. The van der Waals surface area contributed by atoms with Gasteiger partial charge >= 0.3 is 0 Å². The lowest BCUT2D eigenvalue weighted by molar-refractivity contribution is 0.120. The first-order valence-electron chi connectivity index (χ1n) is 7.67. The summed E-state index contributed by atoms with van der Waals surface area (Å²) in [6.07, 6.45) is 2.37. The second kappa shape index (κ2) is 8.04. The van der Waals surface area contributed by atoms with Gasteiger partial charge in [-0.1, -0.05) is 6.08 Å². The van der Waals surface area contributed by atoms with E-state index < -0.39 is 0 Å². The zero-order chi connectivity index (χ0) is 15.2. The summed E-state index contributed by atoms with van der Waals surface area (Å²) < 4.78 is 0. The number of hydrogen-bond acceptors (Lipinski definition) is 5. The monoisotopic (exact) mass is 334 g/mol. The quantitative estimate of drug-likeness (QED) is 0.880. The minimum atomic E-state index is 0.264. The lowest BCUT2D eigenvalue weighted by atomic mass is 10.0. The molecule has 118 valence electrons. The molecule has 2 aromatic rings. The Hall–Kier alpha value is -0.980. The van der Waals surface area contributed by atoms with Crippen LogP contribution in [-0.2, 0) is 0 Å². The maximum Gasteiger partial charge on any atom is 0.0558 e. The van der Waals surface area contributed by atoms with Crippen LogP contribution in [0, 0.1) is 0 Å². The molecule has 2 aromatic heterocycles. The average molecular weight is 335 g/mol. The van der Waals surface area contributed by atoms with Crippen LogP contribution in [0.1, 0.15) is 11.1 Å². The minimum Gasteiger partial charge on any atom is -0.395 e. The van der Waals surface area contributed by atoms with Gasteiger partial charge in [-0.25, -0.2) is 0 Å². The number of aliphatic hydroxyl groups is 1. The molecule has 1 aliphatic rings. The third kappa shape index (κ3) is 4.06. The lowest BCUT2D eigenvalue weighted by Gasteiger charge is -2.33. The molecule has 3 nitrogen and oxygen atoms in total. The number of thiophene rings is 2. The smallest absolute Gasteiger partial charge is 0.0558 e. The van der Waals surface area contributed by atoms with E-state index in [-0.39, 0.29) is 6.61 Å². The van der Waals surface area contributed by atoms with Crippen molar-refractivity contribution < 1.29 is 5.11 Å². The second-order valence-corrected chi connectivity index (χ2v) is 7.07. The van der Waals surface area contributed by atoms with Crippen molar-refractivity contribution in [1.82, 2.24) is 9.80 Å². The van der Waals surface area contributed by atoms with E-state index in [0.29, 0.717) is 0 Å². The molecule has 1 N–H and O–H groups in total. The van der Waals surface area contributed by atoms with Crippen LogP contribution in [0.2, 0.25) is 0 Å². The van der Waals surface area contributed by atoms with Crippen LogP contribution in [-0.4, -0.2) is 60.8 Å². The summed E-state index contributed by atoms with van der Waals surface area (Å²) in [6.45, 7) is 6.34. The minimum absolute atomic E-state index is 0.264. The molecule has 0 amide bonds. The highest BCUT2D eigenvalue weighted by Crippen LogP contribution is 2.27. The molecule has 22 heavy (non-hydrogen) atoms. The first-order valence-corrected chi connectivity index (χ1v) is 9.56. The van der Waals surface area contributed by atoms with Crippen LogP contribution in [0.3, 0.4) is 0 Å². The number of rotatable bonds is 6. The van der Waals surface area contributed by atoms with Gasteiger partial charge in [0, 0.05) is 39.3 Å². The highest BCUT2D eigenvalue weighted by Gasteiger charge is 2.15. The molecule has 3 heterocycles. The Morgan fingerprint density at radius 1 is 1.00 bits per heavy atom. The molecule has 0 aromatic carbocycles. The Morgan fingerprint density at radius 3 is 2.09 bits per heavy atom. The number of hydrogen-bond donors (Lipinski definition) is 1. The van der Waals surface area contributed by atoms with Gasteiger partial charge in [0.25, 0.3) is 0 Å². The number of nitrogens with zero attached hydrogens (tertiary/aromatic N) is 2. The molecule has 0 radical (unpaired) electrons. The summed E-state index contributed by atoms with van der Waals surface area (Å²) in [5.74, 6) is 0. The van der Waals surface area contributed by atoms with Crippen molar-refractivity contribution in [2.45, 2.75) is 0 Å². The Morgan fingerprint density at radius 2 is 1.59 bits per heavy atom. The van der Waals surface area contributed by atoms with Crippen molar-refractivity contribution in [2.24, 2.45) is 0 Å². The third-order valence-electron chi connectivity index (χ3n) is 4.10. The van der Waals surface area contributed by atoms with Crippen molar-refractivity contribution in [3.8, 4) is 0 Å². The van der Waals surface area contributed by atoms with E-state index in [1.54, 1.807) is 22.7 Å². The van der Waals surface area contributed by atoms with Crippen LogP contribution in [0.15, 0.2) is 39.7 Å². The van der Waals surface area contributed by atoms with E-state index >= 15 is 0 Å². The van der Waals surface area contributed by atoms with Crippen LogP contribution in [0.25, 0.3) is 5.57 Å². The van der Waals surface area contributed by atoms with E-state index in [1.165, 1.54) is 16.7 Å². The fourth-order valence-electron chi connectivity index (χ4n) is 2.80. The van der Waals surface area contributed by atoms with Gasteiger partial charge < -0.3 is 5.11 Å². The van der Waals surface area contributed by atoms with E-state index in [0.717, 1.165) is 39.3 Å². The number of piperazine rings is 1. The van der Waals surface area contributed by atoms with Crippen molar-refractivity contribution >= 4 is 28.2 Å². The van der Waals surface area contributed by atoms with Gasteiger partial charge in [-0.2, -0.15) is 22.7 Å². The van der Waals surface area contributed by atoms with Crippen molar-refractivity contribution in [3.05, 3.63) is 50.9 Å². The maximum atomic E-state index is 9.01. The first-order chi connectivity index (χ1) is 10.9. The van der Waals surface area contributed by atoms with E-state index in [4.69, 9.17) is 5.11 Å². The Balaban J connectivity index is 1.64. The van der Waals surface area contributed by atoms with Gasteiger partial charge in [0.1, 0.15) is 0 Å². The van der Waals surface area contributed by atoms with Gasteiger partial charge in [0.2, 0.25) is 0 Å². The molecule has 0 unspecified atom stereocenters. The normalized spacial score (nSPS) is 16.8. The molecule has 1 fully saturated rings. The van der Waals surface area contributed by atoms with Crippen molar-refractivity contribution in [1.29, 1.82) is 0 Å². The standard InChI is InChI=1S/C17H22N2OS2/c20-10-9-19-7-5-18(6-8-19)4-1-17(15-2-11-21-13-15)16-3-12-22-14-16/h1-3,11-14,20H,4-10H2. The predicted octanol–water partition coefficient (Wildman–Crippen LogP) is 2.85. The Bertz CT molecular complexity index is 534. The summed E-state index contributed by atoms with van der Waals surface area (Å²) in [6, 6.07) is 4.40. The highest BCUT2D eigenvalue weighted by molar-refractivity contribution is 7.08. The van der Waals surface area contributed by atoms with Crippen molar-refractivity contribution in [2.75, 3.05) is 45.9 Å². The molecular formula is C17H22N2OS2. The third-order valence-corrected chi connectivity index (χ3v) is 5.47. The fraction of sp³-hybridized carbons (Fsp3) is 0.412. The average Bonchev–Trinajstić information content (AvgIpc) is 3.23. The molecule has 0 atom stereocenters. The van der Waals surface area contributed by atoms with Gasteiger partial charge in [0.15, 0.2) is 0 Å². The summed E-state index contributed by atoms with van der Waals surface area (Å²) in [7, 11) is 0. The molecule has 1 aliphatic heterocycles. The zero-order valence-corrected chi connectivity index (χ0v) is 14.3. The van der Waals surface area contributed by atoms with Crippen molar-refractivity contribution in [3.63, 3.8) is 0 Å². The van der Waals surface area contributed by atoms with E-state index in [9.17, 15) is 0 Å². The summed E-state index contributed by atoms with van der Waals surface area (Å²) in [5.41, 5.74) is 3.99.